The summed E-state index contributed by atoms with van der Waals surface area (Å²) in [5.74, 6) is 1.87. The summed E-state index contributed by atoms with van der Waals surface area (Å²) in [5, 5.41) is 39.8. The number of aliphatic hydroxyl groups is 4. The molecule has 2 aromatic carbocycles. The fourth-order valence-electron chi connectivity index (χ4n) is 3.76. The highest BCUT2D eigenvalue weighted by Gasteiger charge is 2.44. The smallest absolute Gasteiger partial charge is 0.353 e. The number of hydrogen-bond acceptors (Lipinski definition) is 9. The van der Waals surface area contributed by atoms with E-state index >= 15 is 0 Å². The van der Waals surface area contributed by atoms with E-state index in [0.29, 0.717) is 17.7 Å². The molecular weight excluding hydrogens is 475 g/mol. The molecule has 9 nitrogen and oxygen atoms in total. The number of rotatable bonds is 11. The van der Waals surface area contributed by atoms with Crippen LogP contribution in [0, 0.1) is 0 Å². The zero-order chi connectivity index (χ0) is 25.4. The Kier molecular flexibility index (Phi) is 10.0. The van der Waals surface area contributed by atoms with Gasteiger partial charge in [-0.05, 0) is 37.5 Å². The van der Waals surface area contributed by atoms with E-state index in [1.807, 2.05) is 36.4 Å². The minimum absolute atomic E-state index is 0.280. The third-order valence-electron chi connectivity index (χ3n) is 5.48. The second kappa shape index (κ2) is 12.8. The van der Waals surface area contributed by atoms with Crippen LogP contribution in [0.25, 0.3) is 11.1 Å². The lowest BCUT2D eigenvalue weighted by Gasteiger charge is -2.39. The molecule has 0 spiro atoms. The first-order chi connectivity index (χ1) is 16.8. The molecule has 1 saturated heterocycles. The van der Waals surface area contributed by atoms with Gasteiger partial charge in [-0.15, -0.1) is 0 Å². The lowest BCUT2D eigenvalue weighted by Crippen LogP contribution is -2.60. The monoisotopic (exact) mass is 508 g/mol. The van der Waals surface area contributed by atoms with Crippen molar-refractivity contribution in [2.75, 3.05) is 19.8 Å². The topological polar surface area (TPSA) is 135 Å². The summed E-state index contributed by atoms with van der Waals surface area (Å²) in [4.78, 5) is 0. The van der Waals surface area contributed by atoms with Crippen LogP contribution in [0.3, 0.4) is 0 Å². The number of para-hydroxylation sites is 1. The number of aliphatic hydroxyl groups excluding tert-OH is 4. The van der Waals surface area contributed by atoms with Crippen LogP contribution in [0.5, 0.6) is 5.75 Å². The first-order valence-electron chi connectivity index (χ1n) is 11.5. The van der Waals surface area contributed by atoms with Crippen molar-refractivity contribution in [1.29, 1.82) is 0 Å². The number of benzene rings is 2. The second-order valence-corrected chi connectivity index (χ2v) is 9.87. The van der Waals surface area contributed by atoms with Gasteiger partial charge >= 0.3 is 7.60 Å². The van der Waals surface area contributed by atoms with Crippen LogP contribution in [-0.2, 0) is 24.8 Å². The van der Waals surface area contributed by atoms with E-state index in [4.69, 9.17) is 18.5 Å². The van der Waals surface area contributed by atoms with Crippen LogP contribution in [0.15, 0.2) is 60.4 Å². The van der Waals surface area contributed by atoms with Crippen LogP contribution in [-0.4, -0.2) is 71.0 Å². The van der Waals surface area contributed by atoms with Gasteiger partial charge in [0.2, 0.25) is 6.29 Å². The van der Waals surface area contributed by atoms with Gasteiger partial charge in [-0.25, -0.2) is 0 Å². The van der Waals surface area contributed by atoms with Gasteiger partial charge in [-0.2, -0.15) is 0 Å². The first kappa shape index (κ1) is 27.5. The first-order valence-corrected chi connectivity index (χ1v) is 13.1. The van der Waals surface area contributed by atoms with Crippen molar-refractivity contribution >= 4 is 7.60 Å². The Hall–Kier alpha value is -2.07. The van der Waals surface area contributed by atoms with Gasteiger partial charge in [-0.1, -0.05) is 48.5 Å². The molecule has 0 unspecified atom stereocenters. The van der Waals surface area contributed by atoms with Crippen LogP contribution in [0.4, 0.5) is 0 Å². The maximum Gasteiger partial charge on any atom is 0.353 e. The number of hydrogen-bond donors (Lipinski definition) is 4. The van der Waals surface area contributed by atoms with Gasteiger partial charge in [0.15, 0.2) is 0 Å². The van der Waals surface area contributed by atoms with Crippen molar-refractivity contribution < 1.29 is 43.5 Å². The van der Waals surface area contributed by atoms with Crippen molar-refractivity contribution in [3.8, 4) is 16.9 Å². The van der Waals surface area contributed by atoms with Gasteiger partial charge in [-0.3, -0.25) is 4.57 Å². The molecule has 1 heterocycles. The average Bonchev–Trinajstić information content (AvgIpc) is 2.85. The quantitative estimate of drug-likeness (QED) is 0.338. The molecule has 4 N–H and O–H groups in total. The summed E-state index contributed by atoms with van der Waals surface area (Å²) in [6, 6.07) is 14.8. The van der Waals surface area contributed by atoms with E-state index in [0.717, 1.165) is 11.1 Å². The van der Waals surface area contributed by atoms with E-state index in [-0.39, 0.29) is 13.2 Å². The molecular formula is C25H33O9P. The summed E-state index contributed by atoms with van der Waals surface area (Å²) in [6.07, 6.45) is -4.61. The molecule has 1 aliphatic rings. The third kappa shape index (κ3) is 7.00. The molecule has 0 amide bonds. The Balaban J connectivity index is 1.79. The molecule has 0 aliphatic carbocycles. The predicted molar refractivity (Wildman–Crippen MR) is 130 cm³/mol. The fourth-order valence-corrected chi connectivity index (χ4v) is 5.09. The Morgan fingerprint density at radius 1 is 0.971 bits per heavy atom. The molecule has 35 heavy (non-hydrogen) atoms. The van der Waals surface area contributed by atoms with Crippen LogP contribution < -0.4 is 4.74 Å². The van der Waals surface area contributed by atoms with Gasteiger partial charge in [0, 0.05) is 11.4 Å². The average molecular weight is 509 g/mol. The van der Waals surface area contributed by atoms with E-state index in [2.05, 4.69) is 0 Å². The highest BCUT2D eigenvalue weighted by atomic mass is 31.2. The Morgan fingerprint density at radius 2 is 1.69 bits per heavy atom. The summed E-state index contributed by atoms with van der Waals surface area (Å²) in [6.45, 7) is 3.53. The molecule has 0 saturated carbocycles. The van der Waals surface area contributed by atoms with Crippen LogP contribution >= 0.6 is 7.60 Å². The summed E-state index contributed by atoms with van der Waals surface area (Å²) >= 11 is 0. The second-order valence-electron chi connectivity index (χ2n) is 7.98. The van der Waals surface area contributed by atoms with Gasteiger partial charge in [0.1, 0.15) is 30.2 Å². The lowest BCUT2D eigenvalue weighted by atomic mass is 9.99. The maximum atomic E-state index is 12.6. The highest BCUT2D eigenvalue weighted by molar-refractivity contribution is 7.57. The third-order valence-corrected chi connectivity index (χ3v) is 7.29. The minimum atomic E-state index is -3.27. The van der Waals surface area contributed by atoms with Crippen molar-refractivity contribution in [3.63, 3.8) is 0 Å². The summed E-state index contributed by atoms with van der Waals surface area (Å²) in [7, 11) is -3.27. The fraction of sp³-hybridized carbons (Fsp3) is 0.440. The molecule has 2 aromatic rings. The predicted octanol–water partition coefficient (Wildman–Crippen LogP) is 2.85. The molecule has 0 radical (unpaired) electrons. The molecule has 192 valence electrons. The van der Waals surface area contributed by atoms with E-state index in [1.165, 1.54) is 5.82 Å². The Morgan fingerprint density at radius 3 is 2.37 bits per heavy atom. The minimum Gasteiger partial charge on any atom is -0.461 e. The van der Waals surface area contributed by atoms with Gasteiger partial charge < -0.3 is 38.9 Å². The summed E-state index contributed by atoms with van der Waals surface area (Å²) in [5.41, 5.74) is 2.49. The normalized spacial score (nSPS) is 25.1. The summed E-state index contributed by atoms with van der Waals surface area (Å²) < 4.78 is 34.5. The standard InChI is InChI=1S/C25H33O9P/c1-3-31-35(30,32-4-2)14-8-10-17-9-7-11-18(15-17)19-12-5-6-13-20(19)33-25-24(29)23(28)22(27)21(16-26)34-25/h5-9,11-15,21-29H,3-4,10,16H2,1-2H3/t21-,22-,23+,24+,25+/m1/s1. The van der Waals surface area contributed by atoms with Crippen molar-refractivity contribution in [2.45, 2.75) is 51.0 Å². The zero-order valence-electron chi connectivity index (χ0n) is 19.8. The highest BCUT2D eigenvalue weighted by Crippen LogP contribution is 2.49. The SMILES string of the molecule is CCOP(=O)(C=CCc1cccc(-c2ccccc2O[C@H]2O[C@H](CO)[C@@H](O)[C@H](O)[C@@H]2O)c1)OCC. The van der Waals surface area contributed by atoms with Crippen LogP contribution in [0.1, 0.15) is 19.4 Å². The van der Waals surface area contributed by atoms with E-state index in [1.54, 1.807) is 32.1 Å². The molecule has 0 bridgehead atoms. The molecule has 1 fully saturated rings. The van der Waals surface area contributed by atoms with E-state index < -0.39 is 44.9 Å². The van der Waals surface area contributed by atoms with E-state index in [9.17, 15) is 25.0 Å². The number of allylic oxidation sites excluding steroid dienone is 1. The molecule has 1 aliphatic heterocycles. The van der Waals surface area contributed by atoms with Crippen molar-refractivity contribution in [1.82, 2.24) is 0 Å². The maximum absolute atomic E-state index is 12.6. The molecule has 3 rings (SSSR count). The molecule has 5 atom stereocenters. The number of ether oxygens (including phenoxy) is 2. The van der Waals surface area contributed by atoms with Gasteiger partial charge in [0.05, 0.1) is 19.8 Å². The lowest BCUT2D eigenvalue weighted by molar-refractivity contribution is -0.277. The van der Waals surface area contributed by atoms with Crippen LogP contribution in [0.2, 0.25) is 0 Å². The Labute approximate surface area is 205 Å². The van der Waals surface area contributed by atoms with Crippen molar-refractivity contribution in [3.05, 3.63) is 66.0 Å². The zero-order valence-corrected chi connectivity index (χ0v) is 20.7. The molecule has 0 aromatic heterocycles. The van der Waals surface area contributed by atoms with Crippen molar-refractivity contribution in [2.24, 2.45) is 0 Å². The molecule has 10 heteroatoms. The van der Waals surface area contributed by atoms with Gasteiger partial charge in [0.25, 0.3) is 0 Å². The largest absolute Gasteiger partial charge is 0.461 e. The Bertz CT molecular complexity index is 1020.